The molecule has 1 aromatic heterocycles. The lowest BCUT2D eigenvalue weighted by atomic mass is 9.88. The second kappa shape index (κ2) is 13.3. The number of amides is 2. The van der Waals surface area contributed by atoms with E-state index in [-0.39, 0.29) is 42.1 Å². The number of furan rings is 1. The van der Waals surface area contributed by atoms with E-state index >= 15 is 0 Å². The van der Waals surface area contributed by atoms with Crippen molar-refractivity contribution in [1.29, 1.82) is 0 Å². The van der Waals surface area contributed by atoms with Crippen LogP contribution in [0, 0.1) is 12.8 Å². The Labute approximate surface area is 279 Å². The van der Waals surface area contributed by atoms with E-state index in [4.69, 9.17) is 15.3 Å². The van der Waals surface area contributed by atoms with Crippen LogP contribution in [0.1, 0.15) is 66.0 Å². The third-order valence-electron chi connectivity index (χ3n) is 8.52. The van der Waals surface area contributed by atoms with E-state index in [9.17, 15) is 19.5 Å². The van der Waals surface area contributed by atoms with E-state index in [1.54, 1.807) is 30.9 Å². The van der Waals surface area contributed by atoms with Crippen molar-refractivity contribution >= 4 is 66.3 Å². The SMILES string of the molecule is CCN(C(=O)c1cc(C[C@@H](C)O)c(C(=O)C(N)C(C)C)c(S2(N)CCC(=O)Nc3ccccc32)c1C)c1oc2ccccc2c1Br. The lowest BCUT2D eigenvalue weighted by Gasteiger charge is -2.40. The van der Waals surface area contributed by atoms with Gasteiger partial charge in [0, 0.05) is 45.0 Å². The molecule has 2 amide bonds. The number of carbonyl (C=O) groups excluding carboxylic acids is 3. The quantitative estimate of drug-likeness (QED) is 0.141. The fourth-order valence-corrected chi connectivity index (χ4v) is 9.94. The van der Waals surface area contributed by atoms with Gasteiger partial charge < -0.3 is 20.6 Å². The molecule has 5 rings (SSSR count). The van der Waals surface area contributed by atoms with Gasteiger partial charge in [-0.1, -0.05) is 38.1 Å². The van der Waals surface area contributed by atoms with Gasteiger partial charge in [0.1, 0.15) is 5.58 Å². The Morgan fingerprint density at radius 3 is 2.46 bits per heavy atom. The highest BCUT2D eigenvalue weighted by Crippen LogP contribution is 2.63. The molecule has 0 aliphatic carbocycles. The molecule has 0 saturated heterocycles. The summed E-state index contributed by atoms with van der Waals surface area (Å²) in [6.45, 7) is 9.34. The Kier molecular flexibility index (Phi) is 9.81. The number of benzene rings is 3. The molecule has 46 heavy (non-hydrogen) atoms. The van der Waals surface area contributed by atoms with E-state index in [1.807, 2.05) is 63.2 Å². The molecule has 0 fully saturated rings. The zero-order valence-corrected chi connectivity index (χ0v) is 29.1. The van der Waals surface area contributed by atoms with Crippen LogP contribution in [0.5, 0.6) is 0 Å². The average molecular weight is 710 g/mol. The van der Waals surface area contributed by atoms with Gasteiger partial charge in [-0.15, -0.1) is 10.2 Å². The van der Waals surface area contributed by atoms with Crippen LogP contribution in [0.4, 0.5) is 11.6 Å². The predicted molar refractivity (Wildman–Crippen MR) is 188 cm³/mol. The molecule has 1 aliphatic heterocycles. The van der Waals surface area contributed by atoms with Crippen LogP contribution in [0.2, 0.25) is 0 Å². The second-order valence-corrected chi connectivity index (χ2v) is 15.8. The first-order valence-corrected chi connectivity index (χ1v) is 18.1. The number of Topliss-reactive ketones (excluding diaryl/α,β-unsaturated/α-hetero) is 1. The van der Waals surface area contributed by atoms with Crippen molar-refractivity contribution in [3.05, 3.63) is 81.3 Å². The van der Waals surface area contributed by atoms with Crippen LogP contribution < -0.4 is 21.1 Å². The van der Waals surface area contributed by atoms with Crippen molar-refractivity contribution in [2.75, 3.05) is 22.5 Å². The molecule has 0 saturated carbocycles. The minimum atomic E-state index is -2.60. The molecule has 11 heteroatoms. The van der Waals surface area contributed by atoms with Gasteiger partial charge in [-0.2, -0.15) is 0 Å². The smallest absolute Gasteiger partial charge is 0.260 e. The summed E-state index contributed by atoms with van der Waals surface area (Å²) < 4.78 is 6.82. The molecule has 4 aromatic rings. The molecule has 2 heterocycles. The number of hydrogen-bond donors (Lipinski definition) is 4. The molecule has 0 radical (unpaired) electrons. The number of rotatable bonds is 9. The summed E-state index contributed by atoms with van der Waals surface area (Å²) in [5.41, 5.74) is 9.40. The first-order valence-electron chi connectivity index (χ1n) is 15.4. The normalized spacial score (nSPS) is 19.1. The van der Waals surface area contributed by atoms with Crippen LogP contribution in [0.25, 0.3) is 11.0 Å². The standard InChI is InChI=1S/C35H41BrN4O5S/c1-6-40(35-30(36)23-11-7-9-13-26(23)45-35)34(44)24-18-22(17-20(4)41)29(32(43)31(37)19(2)3)33(21(24)5)46(38)16-15-28(42)39-25-12-8-10-14-27(25)46/h7-14,18-20,31,41H,6,15-17,37-38H2,1-5H3,(H,39,42)/t20-,31?/m1/s1. The predicted octanol–water partition coefficient (Wildman–Crippen LogP) is 6.70. The molecule has 0 spiro atoms. The number of anilines is 2. The zero-order chi connectivity index (χ0) is 33.5. The number of aliphatic hydroxyl groups excluding tert-OH is 1. The topological polar surface area (TPSA) is 152 Å². The summed E-state index contributed by atoms with van der Waals surface area (Å²) in [7, 11) is -2.60. The highest BCUT2D eigenvalue weighted by atomic mass is 79.9. The van der Waals surface area contributed by atoms with Crippen LogP contribution in [0.15, 0.2) is 73.3 Å². The number of aliphatic hydroxyl groups is 1. The molecule has 2 unspecified atom stereocenters. The number of hydrogen-bond acceptors (Lipinski definition) is 7. The van der Waals surface area contributed by atoms with Crippen LogP contribution >= 0.6 is 26.1 Å². The Balaban J connectivity index is 1.83. The van der Waals surface area contributed by atoms with Crippen LogP contribution in [-0.4, -0.2) is 47.1 Å². The van der Waals surface area contributed by atoms with E-state index in [2.05, 4.69) is 21.2 Å². The van der Waals surface area contributed by atoms with Gasteiger partial charge in [-0.3, -0.25) is 24.4 Å². The number of para-hydroxylation sites is 2. The lowest BCUT2D eigenvalue weighted by molar-refractivity contribution is -0.115. The molecular formula is C35H41BrN4O5S. The van der Waals surface area contributed by atoms with Gasteiger partial charge in [-0.05, 0) is 90.5 Å². The van der Waals surface area contributed by atoms with Crippen molar-refractivity contribution < 1.29 is 23.9 Å². The maximum Gasteiger partial charge on any atom is 0.260 e. The van der Waals surface area contributed by atoms with Crippen molar-refractivity contribution in [3.8, 4) is 0 Å². The van der Waals surface area contributed by atoms with Crippen LogP contribution in [0.3, 0.4) is 0 Å². The molecular weight excluding hydrogens is 668 g/mol. The van der Waals surface area contributed by atoms with E-state index in [0.29, 0.717) is 60.2 Å². The Morgan fingerprint density at radius 2 is 1.80 bits per heavy atom. The van der Waals surface area contributed by atoms with Gasteiger partial charge in [0.25, 0.3) is 5.91 Å². The minimum Gasteiger partial charge on any atom is -0.439 e. The number of halogens is 1. The number of fused-ring (bicyclic) bond motifs is 2. The molecule has 244 valence electrons. The Bertz CT molecular complexity index is 1840. The zero-order valence-electron chi connectivity index (χ0n) is 26.7. The molecule has 3 aromatic carbocycles. The van der Waals surface area contributed by atoms with Gasteiger partial charge in [0.2, 0.25) is 11.8 Å². The molecule has 9 nitrogen and oxygen atoms in total. The van der Waals surface area contributed by atoms with Crippen molar-refractivity contribution in [2.24, 2.45) is 16.8 Å². The first-order chi connectivity index (χ1) is 21.8. The Morgan fingerprint density at radius 1 is 1.13 bits per heavy atom. The summed E-state index contributed by atoms with van der Waals surface area (Å²) in [5, 5.41) is 22.0. The summed E-state index contributed by atoms with van der Waals surface area (Å²) in [6.07, 6.45) is -0.616. The third-order valence-corrected chi connectivity index (χ3v) is 12.5. The first kappa shape index (κ1) is 33.9. The van der Waals surface area contributed by atoms with Crippen molar-refractivity contribution in [3.63, 3.8) is 0 Å². The summed E-state index contributed by atoms with van der Waals surface area (Å²) >= 11 is 3.64. The fraction of sp³-hybridized carbons (Fsp3) is 0.343. The number of nitrogens with two attached hydrogens (primary N) is 2. The fourth-order valence-electron chi connectivity index (χ4n) is 6.08. The van der Waals surface area contributed by atoms with Gasteiger partial charge in [-0.25, -0.2) is 0 Å². The van der Waals surface area contributed by atoms with E-state index < -0.39 is 22.4 Å². The second-order valence-electron chi connectivity index (χ2n) is 12.2. The summed E-state index contributed by atoms with van der Waals surface area (Å²) in [5.74, 6) is -0.409. The minimum absolute atomic E-state index is 0.0915. The van der Waals surface area contributed by atoms with Gasteiger partial charge in [0.05, 0.1) is 22.3 Å². The van der Waals surface area contributed by atoms with Gasteiger partial charge >= 0.3 is 0 Å². The van der Waals surface area contributed by atoms with Crippen LogP contribution in [-0.2, 0) is 11.2 Å². The summed E-state index contributed by atoms with van der Waals surface area (Å²) in [6, 6.07) is 15.7. The highest BCUT2D eigenvalue weighted by molar-refractivity contribution is 9.10. The lowest BCUT2D eigenvalue weighted by Crippen LogP contribution is -2.38. The number of carbonyl (C=O) groups is 3. The number of nitrogens with zero attached hydrogens (tertiary/aromatic N) is 1. The number of nitrogens with one attached hydrogen (secondary N) is 1. The van der Waals surface area contributed by atoms with Gasteiger partial charge in [0.15, 0.2) is 5.78 Å². The summed E-state index contributed by atoms with van der Waals surface area (Å²) in [4.78, 5) is 44.7. The molecule has 3 atom stereocenters. The van der Waals surface area contributed by atoms with Crippen molar-refractivity contribution in [1.82, 2.24) is 0 Å². The molecule has 6 N–H and O–H groups in total. The molecule has 0 bridgehead atoms. The third kappa shape index (κ3) is 6.02. The monoisotopic (exact) mass is 708 g/mol. The Hall–Kier alpha value is -3.48. The molecule has 1 aliphatic rings. The largest absolute Gasteiger partial charge is 0.439 e. The highest BCUT2D eigenvalue weighted by Gasteiger charge is 2.40. The van der Waals surface area contributed by atoms with E-state index in [1.165, 1.54) is 0 Å². The van der Waals surface area contributed by atoms with E-state index in [0.717, 1.165) is 5.39 Å². The maximum atomic E-state index is 14.7. The average Bonchev–Trinajstić information content (AvgIpc) is 3.28. The van der Waals surface area contributed by atoms with Crippen molar-refractivity contribution in [2.45, 2.75) is 69.4 Å². The number of ketones is 1. The maximum absolute atomic E-state index is 14.7.